The van der Waals surface area contributed by atoms with Crippen molar-refractivity contribution >= 4 is 20.0 Å². The SMILES string of the molecule is CNC(=O)c1c(OC(C)c2ccccc2)cc(C(=O)O)n1COCC[Si](C)(C)C. The van der Waals surface area contributed by atoms with E-state index in [2.05, 4.69) is 25.0 Å². The van der Waals surface area contributed by atoms with Crippen LogP contribution in [0.1, 0.15) is 39.6 Å². The molecule has 0 saturated carbocycles. The molecule has 158 valence electrons. The highest BCUT2D eigenvalue weighted by Crippen LogP contribution is 2.29. The van der Waals surface area contributed by atoms with Gasteiger partial charge in [-0.3, -0.25) is 4.79 Å². The Bertz CT molecular complexity index is 843. The molecular formula is C21H30N2O5Si. The zero-order valence-corrected chi connectivity index (χ0v) is 18.7. The van der Waals surface area contributed by atoms with Crippen LogP contribution in [0.15, 0.2) is 36.4 Å². The van der Waals surface area contributed by atoms with Crippen molar-refractivity contribution in [2.75, 3.05) is 13.7 Å². The van der Waals surface area contributed by atoms with E-state index in [1.165, 1.54) is 17.7 Å². The van der Waals surface area contributed by atoms with E-state index >= 15 is 0 Å². The Labute approximate surface area is 172 Å². The highest BCUT2D eigenvalue weighted by molar-refractivity contribution is 6.76. The predicted molar refractivity (Wildman–Crippen MR) is 114 cm³/mol. The van der Waals surface area contributed by atoms with Crippen molar-refractivity contribution in [3.8, 4) is 5.75 Å². The van der Waals surface area contributed by atoms with E-state index in [0.717, 1.165) is 11.6 Å². The quantitative estimate of drug-likeness (QED) is 0.450. The van der Waals surface area contributed by atoms with Gasteiger partial charge in [0.1, 0.15) is 18.5 Å². The van der Waals surface area contributed by atoms with Gasteiger partial charge >= 0.3 is 5.97 Å². The summed E-state index contributed by atoms with van der Waals surface area (Å²) >= 11 is 0. The van der Waals surface area contributed by atoms with Crippen LogP contribution in [0.3, 0.4) is 0 Å². The van der Waals surface area contributed by atoms with Gasteiger partial charge in [-0.15, -0.1) is 0 Å². The number of hydrogen-bond acceptors (Lipinski definition) is 4. The number of amides is 1. The van der Waals surface area contributed by atoms with Crippen LogP contribution < -0.4 is 10.1 Å². The van der Waals surface area contributed by atoms with Crippen LogP contribution in [0.25, 0.3) is 0 Å². The van der Waals surface area contributed by atoms with Gasteiger partial charge in [0.05, 0.1) is 0 Å². The highest BCUT2D eigenvalue weighted by Gasteiger charge is 2.26. The number of rotatable bonds is 10. The Balaban J connectivity index is 2.33. The van der Waals surface area contributed by atoms with Gasteiger partial charge in [0.15, 0.2) is 11.4 Å². The number of aromatic carboxylic acids is 1. The van der Waals surface area contributed by atoms with Crippen LogP contribution in [0, 0.1) is 0 Å². The molecule has 29 heavy (non-hydrogen) atoms. The number of hydrogen-bond donors (Lipinski definition) is 2. The largest absolute Gasteiger partial charge is 0.484 e. The molecule has 0 aliphatic rings. The minimum absolute atomic E-state index is 0.0298. The van der Waals surface area contributed by atoms with Crippen LogP contribution in [0.5, 0.6) is 5.75 Å². The third-order valence-electron chi connectivity index (χ3n) is 4.51. The number of benzene rings is 1. The molecule has 1 amide bonds. The van der Waals surface area contributed by atoms with E-state index in [1.54, 1.807) is 0 Å². The van der Waals surface area contributed by atoms with E-state index in [-0.39, 0.29) is 30.0 Å². The summed E-state index contributed by atoms with van der Waals surface area (Å²) in [4.78, 5) is 24.3. The number of nitrogens with zero attached hydrogens (tertiary/aromatic N) is 1. The number of carboxylic acids is 1. The van der Waals surface area contributed by atoms with Crippen molar-refractivity contribution in [1.82, 2.24) is 9.88 Å². The van der Waals surface area contributed by atoms with Crippen molar-refractivity contribution < 1.29 is 24.2 Å². The number of aromatic nitrogens is 1. The Morgan fingerprint density at radius 1 is 1.21 bits per heavy atom. The molecule has 1 heterocycles. The number of nitrogens with one attached hydrogen (secondary N) is 1. The minimum Gasteiger partial charge on any atom is -0.484 e. The molecule has 2 aromatic rings. The van der Waals surface area contributed by atoms with Crippen LogP contribution >= 0.6 is 0 Å². The normalized spacial score (nSPS) is 12.4. The molecule has 7 nitrogen and oxygen atoms in total. The lowest BCUT2D eigenvalue weighted by molar-refractivity contribution is 0.0612. The molecule has 0 aliphatic carbocycles. The Kier molecular flexibility index (Phi) is 7.64. The Morgan fingerprint density at radius 3 is 2.41 bits per heavy atom. The van der Waals surface area contributed by atoms with Crippen molar-refractivity contribution in [3.63, 3.8) is 0 Å². The highest BCUT2D eigenvalue weighted by atomic mass is 28.3. The predicted octanol–water partition coefficient (Wildman–Crippen LogP) is 4.00. The maximum absolute atomic E-state index is 12.5. The van der Waals surface area contributed by atoms with Crippen molar-refractivity contribution in [3.05, 3.63) is 53.3 Å². The zero-order valence-electron chi connectivity index (χ0n) is 17.7. The standard InChI is InChI=1S/C21H30N2O5Si/c1-15(16-9-7-6-8-10-16)28-18-13-17(21(25)26)23(19(18)20(24)22-2)14-27-11-12-29(3,4)5/h6-10,13,15H,11-12,14H2,1-5H3,(H,22,24)(H,25,26). The first kappa shape index (κ1) is 22.7. The summed E-state index contributed by atoms with van der Waals surface area (Å²) in [5.74, 6) is -1.36. The lowest BCUT2D eigenvalue weighted by atomic mass is 10.1. The molecule has 1 atom stereocenters. The number of ether oxygens (including phenoxy) is 2. The van der Waals surface area contributed by atoms with Crippen molar-refractivity contribution in [1.29, 1.82) is 0 Å². The molecular weight excluding hydrogens is 388 g/mol. The molecule has 0 spiro atoms. The zero-order chi connectivity index (χ0) is 21.6. The van der Waals surface area contributed by atoms with E-state index in [0.29, 0.717) is 6.61 Å². The second-order valence-electron chi connectivity index (χ2n) is 8.07. The molecule has 1 unspecified atom stereocenters. The summed E-state index contributed by atoms with van der Waals surface area (Å²) in [6, 6.07) is 11.9. The third-order valence-corrected chi connectivity index (χ3v) is 6.22. The number of carboxylic acid groups (broad SMARTS) is 1. The summed E-state index contributed by atoms with van der Waals surface area (Å²) in [6.07, 6.45) is -0.357. The lowest BCUT2D eigenvalue weighted by Crippen LogP contribution is -2.26. The van der Waals surface area contributed by atoms with Crippen molar-refractivity contribution in [2.45, 2.75) is 45.4 Å². The first-order valence-electron chi connectivity index (χ1n) is 9.62. The average molecular weight is 419 g/mol. The second-order valence-corrected chi connectivity index (χ2v) is 13.7. The van der Waals surface area contributed by atoms with Gasteiger partial charge in [-0.05, 0) is 18.5 Å². The molecule has 8 heteroatoms. The van der Waals surface area contributed by atoms with Crippen LogP contribution in [0.4, 0.5) is 0 Å². The van der Waals surface area contributed by atoms with Crippen LogP contribution in [-0.4, -0.2) is 43.3 Å². The van der Waals surface area contributed by atoms with Crippen LogP contribution in [-0.2, 0) is 11.5 Å². The summed E-state index contributed by atoms with van der Waals surface area (Å²) in [5.41, 5.74) is 1.01. The molecule has 1 aromatic heterocycles. The maximum atomic E-state index is 12.5. The molecule has 2 rings (SSSR count). The van der Waals surface area contributed by atoms with Gasteiger partial charge in [0.25, 0.3) is 5.91 Å². The maximum Gasteiger partial charge on any atom is 0.352 e. The molecule has 0 bridgehead atoms. The van der Waals surface area contributed by atoms with Gasteiger partial charge in [-0.1, -0.05) is 50.0 Å². The third kappa shape index (κ3) is 6.20. The minimum atomic E-state index is -1.28. The summed E-state index contributed by atoms with van der Waals surface area (Å²) in [7, 11) is 0.215. The topological polar surface area (TPSA) is 89.8 Å². The van der Waals surface area contributed by atoms with E-state index in [9.17, 15) is 14.7 Å². The first-order valence-corrected chi connectivity index (χ1v) is 13.3. The summed E-state index contributed by atoms with van der Waals surface area (Å²) in [6.45, 7) is 9.05. The molecule has 0 aliphatic heterocycles. The van der Waals surface area contributed by atoms with Crippen LogP contribution in [0.2, 0.25) is 25.7 Å². The monoisotopic (exact) mass is 418 g/mol. The first-order chi connectivity index (χ1) is 13.6. The molecule has 1 aromatic carbocycles. The van der Waals surface area contributed by atoms with Gasteiger partial charge in [-0.25, -0.2) is 4.79 Å². The molecule has 0 saturated heterocycles. The lowest BCUT2D eigenvalue weighted by Gasteiger charge is -2.18. The summed E-state index contributed by atoms with van der Waals surface area (Å²) < 4.78 is 13.1. The number of carbonyl (C=O) groups is 2. The Hall–Kier alpha value is -2.58. The number of carbonyl (C=O) groups excluding carboxylic acids is 1. The second kappa shape index (κ2) is 9.75. The fraction of sp³-hybridized carbons (Fsp3) is 0.429. The summed E-state index contributed by atoms with van der Waals surface area (Å²) in [5, 5.41) is 12.2. The molecule has 2 N–H and O–H groups in total. The fourth-order valence-electron chi connectivity index (χ4n) is 2.79. The molecule has 0 fully saturated rings. The van der Waals surface area contributed by atoms with Gasteiger partial charge < -0.3 is 24.5 Å². The average Bonchev–Trinajstić information content (AvgIpc) is 3.03. The molecule has 0 radical (unpaired) electrons. The van der Waals surface area contributed by atoms with E-state index in [4.69, 9.17) is 9.47 Å². The smallest absolute Gasteiger partial charge is 0.352 e. The van der Waals surface area contributed by atoms with E-state index < -0.39 is 20.0 Å². The van der Waals surface area contributed by atoms with Gasteiger partial charge in [0.2, 0.25) is 0 Å². The van der Waals surface area contributed by atoms with Gasteiger partial charge in [0, 0.05) is 27.8 Å². The fourth-order valence-corrected chi connectivity index (χ4v) is 3.55. The Morgan fingerprint density at radius 2 is 1.86 bits per heavy atom. The van der Waals surface area contributed by atoms with E-state index in [1.807, 2.05) is 37.3 Å². The van der Waals surface area contributed by atoms with Crippen molar-refractivity contribution in [2.24, 2.45) is 0 Å². The van der Waals surface area contributed by atoms with Gasteiger partial charge in [-0.2, -0.15) is 0 Å².